The van der Waals surface area contributed by atoms with Crippen molar-refractivity contribution in [2.75, 3.05) is 6.61 Å². The number of hydrogen-bond donors (Lipinski definition) is 0. The standard InChI is InChI=1S/C24H26Br3N3O2/c1-5-6-7-21-29-20-9-8-16(25)12-17(20)23(31)30(21)28-13-15-10-18(26)22(19(27)11-15)32-14-24(2,3)4/h8-13H,5-7,14H2,1-4H3. The molecular weight excluding hydrogens is 602 g/mol. The summed E-state index contributed by atoms with van der Waals surface area (Å²) in [6.07, 6.45) is 4.29. The molecule has 1 heterocycles. The van der Waals surface area contributed by atoms with Crippen molar-refractivity contribution in [3.8, 4) is 5.75 Å². The Bertz CT molecular complexity index is 1190. The van der Waals surface area contributed by atoms with E-state index in [4.69, 9.17) is 9.72 Å². The van der Waals surface area contributed by atoms with Gasteiger partial charge in [-0.1, -0.05) is 50.0 Å². The summed E-state index contributed by atoms with van der Waals surface area (Å²) in [5.74, 6) is 1.40. The molecule has 0 bridgehead atoms. The highest BCUT2D eigenvalue weighted by molar-refractivity contribution is 9.11. The number of ether oxygens (including phenoxy) is 1. The number of halogens is 3. The summed E-state index contributed by atoms with van der Waals surface area (Å²) in [6, 6.07) is 9.39. The van der Waals surface area contributed by atoms with Crippen molar-refractivity contribution in [1.29, 1.82) is 0 Å². The van der Waals surface area contributed by atoms with E-state index < -0.39 is 0 Å². The van der Waals surface area contributed by atoms with Crippen molar-refractivity contribution in [3.05, 3.63) is 65.5 Å². The second kappa shape index (κ2) is 10.6. The Morgan fingerprint density at radius 1 is 1.12 bits per heavy atom. The van der Waals surface area contributed by atoms with Crippen LogP contribution < -0.4 is 10.3 Å². The molecule has 0 aliphatic heterocycles. The summed E-state index contributed by atoms with van der Waals surface area (Å²) >= 11 is 10.6. The average Bonchev–Trinajstić information content (AvgIpc) is 2.70. The fourth-order valence-corrected chi connectivity index (χ4v) is 4.83. The number of benzene rings is 2. The first-order valence-corrected chi connectivity index (χ1v) is 12.8. The highest BCUT2D eigenvalue weighted by Crippen LogP contribution is 2.35. The van der Waals surface area contributed by atoms with Crippen LogP contribution in [-0.2, 0) is 6.42 Å². The molecule has 3 rings (SSSR count). The summed E-state index contributed by atoms with van der Waals surface area (Å²) in [4.78, 5) is 17.9. The zero-order chi connectivity index (χ0) is 23.5. The van der Waals surface area contributed by atoms with E-state index in [2.05, 4.69) is 80.6 Å². The largest absolute Gasteiger partial charge is 0.491 e. The number of unbranched alkanes of at least 4 members (excludes halogenated alkanes) is 1. The lowest BCUT2D eigenvalue weighted by Gasteiger charge is -2.20. The average molecular weight is 628 g/mol. The van der Waals surface area contributed by atoms with Crippen LogP contribution in [0.5, 0.6) is 5.75 Å². The molecule has 0 saturated carbocycles. The quantitative estimate of drug-likeness (QED) is 0.258. The first kappa shape index (κ1) is 25.1. The van der Waals surface area contributed by atoms with Crippen LogP contribution in [0.3, 0.4) is 0 Å². The zero-order valence-corrected chi connectivity index (χ0v) is 23.3. The number of aromatic nitrogens is 2. The molecule has 32 heavy (non-hydrogen) atoms. The molecule has 0 unspecified atom stereocenters. The highest BCUT2D eigenvalue weighted by Gasteiger charge is 2.15. The minimum Gasteiger partial charge on any atom is -0.491 e. The fraction of sp³-hybridized carbons (Fsp3) is 0.375. The van der Waals surface area contributed by atoms with E-state index in [9.17, 15) is 4.79 Å². The van der Waals surface area contributed by atoms with Crippen LogP contribution >= 0.6 is 47.8 Å². The van der Waals surface area contributed by atoms with Crippen molar-refractivity contribution in [3.63, 3.8) is 0 Å². The minimum atomic E-state index is -0.179. The minimum absolute atomic E-state index is 0.0488. The van der Waals surface area contributed by atoms with E-state index >= 15 is 0 Å². The van der Waals surface area contributed by atoms with Crippen LogP contribution in [-0.4, -0.2) is 22.5 Å². The molecule has 0 radical (unpaired) electrons. The highest BCUT2D eigenvalue weighted by atomic mass is 79.9. The van der Waals surface area contributed by atoms with Crippen molar-refractivity contribution >= 4 is 64.9 Å². The van der Waals surface area contributed by atoms with E-state index in [0.29, 0.717) is 29.8 Å². The van der Waals surface area contributed by atoms with E-state index in [1.165, 1.54) is 4.68 Å². The molecule has 0 atom stereocenters. The normalized spacial score (nSPS) is 12.1. The lowest BCUT2D eigenvalue weighted by molar-refractivity contribution is 0.196. The van der Waals surface area contributed by atoms with Crippen molar-refractivity contribution in [2.45, 2.75) is 47.0 Å². The van der Waals surface area contributed by atoms with Gasteiger partial charge < -0.3 is 4.74 Å². The molecule has 0 fully saturated rings. The number of aryl methyl sites for hydroxylation is 1. The third-order valence-electron chi connectivity index (χ3n) is 4.62. The molecule has 0 aliphatic carbocycles. The maximum Gasteiger partial charge on any atom is 0.282 e. The molecular formula is C24H26Br3N3O2. The Hall–Kier alpha value is -1.51. The Kier molecular flexibility index (Phi) is 8.33. The molecule has 0 spiro atoms. The predicted octanol–water partition coefficient (Wildman–Crippen LogP) is 7.33. The van der Waals surface area contributed by atoms with Crippen LogP contribution in [0.15, 0.2) is 53.6 Å². The van der Waals surface area contributed by atoms with Crippen LogP contribution in [0.1, 0.15) is 51.9 Å². The maximum absolute atomic E-state index is 13.2. The molecule has 8 heteroatoms. The van der Waals surface area contributed by atoms with Gasteiger partial charge in [0.25, 0.3) is 5.56 Å². The molecule has 1 aromatic heterocycles. The molecule has 0 N–H and O–H groups in total. The zero-order valence-electron chi connectivity index (χ0n) is 18.6. The predicted molar refractivity (Wildman–Crippen MR) is 142 cm³/mol. The molecule has 2 aromatic carbocycles. The van der Waals surface area contributed by atoms with E-state index in [1.54, 1.807) is 12.3 Å². The third kappa shape index (κ3) is 6.29. The number of rotatable bonds is 7. The van der Waals surface area contributed by atoms with Gasteiger partial charge >= 0.3 is 0 Å². The van der Waals surface area contributed by atoms with Gasteiger partial charge in [-0.05, 0) is 79.6 Å². The van der Waals surface area contributed by atoms with Gasteiger partial charge in [0.1, 0.15) is 11.6 Å². The van der Waals surface area contributed by atoms with Gasteiger partial charge in [-0.25, -0.2) is 4.98 Å². The second-order valence-corrected chi connectivity index (χ2v) is 11.4. The Morgan fingerprint density at radius 3 is 2.44 bits per heavy atom. The van der Waals surface area contributed by atoms with Crippen LogP contribution in [0.25, 0.3) is 10.9 Å². The summed E-state index contributed by atoms with van der Waals surface area (Å²) < 4.78 is 9.86. The van der Waals surface area contributed by atoms with Gasteiger partial charge in [-0.15, -0.1) is 0 Å². The summed E-state index contributed by atoms with van der Waals surface area (Å²) in [5, 5.41) is 5.06. The van der Waals surface area contributed by atoms with Crippen molar-refractivity contribution in [2.24, 2.45) is 10.5 Å². The first-order chi connectivity index (χ1) is 15.1. The van der Waals surface area contributed by atoms with Crippen LogP contribution in [0, 0.1) is 5.41 Å². The van der Waals surface area contributed by atoms with Gasteiger partial charge in [0.2, 0.25) is 0 Å². The molecule has 5 nitrogen and oxygen atoms in total. The van der Waals surface area contributed by atoms with Gasteiger partial charge in [0.15, 0.2) is 0 Å². The van der Waals surface area contributed by atoms with Crippen molar-refractivity contribution in [1.82, 2.24) is 9.66 Å². The topological polar surface area (TPSA) is 56.5 Å². The Labute approximate surface area is 213 Å². The number of fused-ring (bicyclic) bond motifs is 1. The monoisotopic (exact) mass is 625 g/mol. The molecule has 0 aliphatic rings. The van der Waals surface area contributed by atoms with E-state index in [1.807, 2.05) is 24.3 Å². The molecule has 0 amide bonds. The van der Waals surface area contributed by atoms with Gasteiger partial charge in [-0.3, -0.25) is 4.79 Å². The summed E-state index contributed by atoms with van der Waals surface area (Å²) in [5.41, 5.74) is 1.38. The Balaban J connectivity index is 2.00. The summed E-state index contributed by atoms with van der Waals surface area (Å²) in [6.45, 7) is 9.08. The first-order valence-electron chi connectivity index (χ1n) is 10.5. The SMILES string of the molecule is CCCCc1nc2ccc(Br)cc2c(=O)n1N=Cc1cc(Br)c(OCC(C)(C)C)c(Br)c1. The van der Waals surface area contributed by atoms with Gasteiger partial charge in [0.05, 0.1) is 32.7 Å². The smallest absolute Gasteiger partial charge is 0.282 e. The van der Waals surface area contributed by atoms with Crippen LogP contribution in [0.4, 0.5) is 0 Å². The third-order valence-corrected chi connectivity index (χ3v) is 6.29. The maximum atomic E-state index is 13.2. The molecule has 170 valence electrons. The lowest BCUT2D eigenvalue weighted by Crippen LogP contribution is -2.22. The van der Waals surface area contributed by atoms with E-state index in [-0.39, 0.29) is 11.0 Å². The summed E-state index contributed by atoms with van der Waals surface area (Å²) in [7, 11) is 0. The van der Waals surface area contributed by atoms with Gasteiger partial charge in [0, 0.05) is 10.9 Å². The number of nitrogens with zero attached hydrogens (tertiary/aromatic N) is 3. The van der Waals surface area contributed by atoms with Crippen molar-refractivity contribution < 1.29 is 4.74 Å². The van der Waals surface area contributed by atoms with Gasteiger partial charge in [-0.2, -0.15) is 9.78 Å². The van der Waals surface area contributed by atoms with Crippen LogP contribution in [0.2, 0.25) is 0 Å². The molecule has 0 saturated heterocycles. The lowest BCUT2D eigenvalue weighted by atomic mass is 9.99. The second-order valence-electron chi connectivity index (χ2n) is 8.82. The number of hydrogen-bond acceptors (Lipinski definition) is 4. The van der Waals surface area contributed by atoms with E-state index in [0.717, 1.165) is 37.6 Å². The fourth-order valence-electron chi connectivity index (χ4n) is 3.02. The molecule has 3 aromatic rings. The Morgan fingerprint density at radius 2 is 1.81 bits per heavy atom.